The molecule has 0 unspecified atom stereocenters. The van der Waals surface area contributed by atoms with Crippen molar-refractivity contribution in [1.82, 2.24) is 9.80 Å². The highest BCUT2D eigenvalue weighted by atomic mass is 16.5. The summed E-state index contributed by atoms with van der Waals surface area (Å²) in [4.78, 5) is 5.18. The molecule has 0 amide bonds. The number of morpholine rings is 1. The van der Waals surface area contributed by atoms with Gasteiger partial charge in [-0.1, -0.05) is 30.3 Å². The third-order valence-corrected chi connectivity index (χ3v) is 5.46. The van der Waals surface area contributed by atoms with E-state index in [2.05, 4.69) is 40.1 Å². The maximum absolute atomic E-state index is 6.07. The topological polar surface area (TPSA) is 24.9 Å². The van der Waals surface area contributed by atoms with Gasteiger partial charge in [0.1, 0.15) is 0 Å². The first-order valence-electron chi connectivity index (χ1n) is 9.12. The van der Waals surface area contributed by atoms with Gasteiger partial charge in [0.15, 0.2) is 0 Å². The van der Waals surface area contributed by atoms with Gasteiger partial charge in [0.05, 0.1) is 24.9 Å². The monoisotopic (exact) mass is 316 g/mol. The number of nitrogens with zero attached hydrogens (tertiary/aromatic N) is 2. The fraction of sp³-hybridized carbons (Fsp3) is 0.684. The number of ether oxygens (including phenoxy) is 2. The van der Waals surface area contributed by atoms with Gasteiger partial charge >= 0.3 is 0 Å². The molecule has 0 aliphatic carbocycles. The lowest BCUT2D eigenvalue weighted by Gasteiger charge is -2.37. The first-order chi connectivity index (χ1) is 11.4. The summed E-state index contributed by atoms with van der Waals surface area (Å²) in [5.41, 5.74) is 1.40. The Balaban J connectivity index is 1.36. The predicted molar refractivity (Wildman–Crippen MR) is 90.4 cm³/mol. The molecular weight excluding hydrogens is 288 g/mol. The summed E-state index contributed by atoms with van der Waals surface area (Å²) in [5.74, 6) is 0. The molecule has 3 aliphatic rings. The third kappa shape index (κ3) is 3.77. The molecule has 3 atom stereocenters. The summed E-state index contributed by atoms with van der Waals surface area (Å²) in [6.07, 6.45) is 4.58. The SMILES string of the molecule is c1ccc(CN2CCO[C@@H]3CN(C[C@H]4CCCCO4)C[C@@H]32)cc1. The van der Waals surface area contributed by atoms with Crippen LogP contribution in [0.2, 0.25) is 0 Å². The molecule has 3 heterocycles. The Bertz CT molecular complexity index is 489. The molecule has 4 rings (SSSR count). The molecule has 0 aromatic heterocycles. The minimum atomic E-state index is 0.371. The summed E-state index contributed by atoms with van der Waals surface area (Å²) in [5, 5.41) is 0. The average Bonchev–Trinajstić information content (AvgIpc) is 3.00. The predicted octanol–water partition coefficient (Wildman–Crippen LogP) is 2.14. The third-order valence-electron chi connectivity index (χ3n) is 5.46. The van der Waals surface area contributed by atoms with Gasteiger partial charge in [-0.15, -0.1) is 0 Å². The summed E-state index contributed by atoms with van der Waals surface area (Å²) < 4.78 is 12.0. The lowest BCUT2D eigenvalue weighted by Crippen LogP contribution is -2.50. The van der Waals surface area contributed by atoms with E-state index in [1.807, 2.05) is 0 Å². The van der Waals surface area contributed by atoms with E-state index in [9.17, 15) is 0 Å². The Morgan fingerprint density at radius 2 is 1.91 bits per heavy atom. The smallest absolute Gasteiger partial charge is 0.0870 e. The lowest BCUT2D eigenvalue weighted by atomic mass is 10.1. The molecule has 0 radical (unpaired) electrons. The van der Waals surface area contributed by atoms with Crippen LogP contribution in [0, 0.1) is 0 Å². The van der Waals surface area contributed by atoms with Crippen LogP contribution in [0.5, 0.6) is 0 Å². The van der Waals surface area contributed by atoms with Gasteiger partial charge in [0, 0.05) is 39.3 Å². The lowest BCUT2D eigenvalue weighted by molar-refractivity contribution is -0.0508. The quantitative estimate of drug-likeness (QED) is 0.850. The second-order valence-corrected chi connectivity index (χ2v) is 7.14. The van der Waals surface area contributed by atoms with Gasteiger partial charge in [0.25, 0.3) is 0 Å². The summed E-state index contributed by atoms with van der Waals surface area (Å²) in [7, 11) is 0. The normalized spacial score (nSPS) is 32.8. The van der Waals surface area contributed by atoms with E-state index in [1.54, 1.807) is 0 Å². The second kappa shape index (κ2) is 7.31. The molecule has 0 spiro atoms. The number of hydrogen-bond acceptors (Lipinski definition) is 4. The van der Waals surface area contributed by atoms with Gasteiger partial charge in [-0.05, 0) is 24.8 Å². The van der Waals surface area contributed by atoms with Crippen molar-refractivity contribution in [3.8, 4) is 0 Å². The van der Waals surface area contributed by atoms with Crippen molar-refractivity contribution >= 4 is 0 Å². The van der Waals surface area contributed by atoms with Crippen molar-refractivity contribution in [2.45, 2.75) is 44.1 Å². The van der Waals surface area contributed by atoms with Crippen LogP contribution in [-0.4, -0.2) is 67.4 Å². The van der Waals surface area contributed by atoms with E-state index in [0.29, 0.717) is 18.2 Å². The summed E-state index contributed by atoms with van der Waals surface area (Å²) in [6.45, 7) is 7.16. The highest BCUT2D eigenvalue weighted by Crippen LogP contribution is 2.26. The maximum atomic E-state index is 6.07. The van der Waals surface area contributed by atoms with Crippen molar-refractivity contribution in [3.63, 3.8) is 0 Å². The zero-order chi connectivity index (χ0) is 15.5. The summed E-state index contributed by atoms with van der Waals surface area (Å²) in [6, 6.07) is 11.4. The van der Waals surface area contributed by atoms with E-state index in [-0.39, 0.29) is 0 Å². The molecule has 4 nitrogen and oxygen atoms in total. The van der Waals surface area contributed by atoms with Crippen LogP contribution in [0.15, 0.2) is 30.3 Å². The molecule has 3 fully saturated rings. The fourth-order valence-corrected chi connectivity index (χ4v) is 4.24. The van der Waals surface area contributed by atoms with Crippen molar-refractivity contribution in [3.05, 3.63) is 35.9 Å². The van der Waals surface area contributed by atoms with Crippen LogP contribution in [0.3, 0.4) is 0 Å². The largest absolute Gasteiger partial charge is 0.377 e. The Hall–Kier alpha value is -0.940. The molecule has 3 aliphatic heterocycles. The Morgan fingerprint density at radius 3 is 2.74 bits per heavy atom. The van der Waals surface area contributed by atoms with Crippen LogP contribution >= 0.6 is 0 Å². The van der Waals surface area contributed by atoms with E-state index < -0.39 is 0 Å². The Morgan fingerprint density at radius 1 is 1.00 bits per heavy atom. The molecule has 0 N–H and O–H groups in total. The van der Waals surface area contributed by atoms with Crippen LogP contribution in [-0.2, 0) is 16.0 Å². The van der Waals surface area contributed by atoms with Crippen LogP contribution in [0.4, 0.5) is 0 Å². The maximum Gasteiger partial charge on any atom is 0.0870 e. The van der Waals surface area contributed by atoms with Crippen molar-refractivity contribution < 1.29 is 9.47 Å². The first-order valence-corrected chi connectivity index (χ1v) is 9.12. The van der Waals surface area contributed by atoms with E-state index in [1.165, 1.54) is 24.8 Å². The van der Waals surface area contributed by atoms with Gasteiger partial charge < -0.3 is 9.47 Å². The zero-order valence-electron chi connectivity index (χ0n) is 13.9. The molecular formula is C19H28N2O2. The van der Waals surface area contributed by atoms with Crippen molar-refractivity contribution in [2.75, 3.05) is 39.4 Å². The van der Waals surface area contributed by atoms with E-state index >= 15 is 0 Å². The highest BCUT2D eigenvalue weighted by Gasteiger charge is 2.40. The summed E-state index contributed by atoms with van der Waals surface area (Å²) >= 11 is 0. The number of rotatable bonds is 4. The highest BCUT2D eigenvalue weighted by molar-refractivity contribution is 5.15. The molecule has 1 aromatic carbocycles. The van der Waals surface area contributed by atoms with Crippen molar-refractivity contribution in [1.29, 1.82) is 0 Å². The van der Waals surface area contributed by atoms with Crippen LogP contribution in [0.25, 0.3) is 0 Å². The number of hydrogen-bond donors (Lipinski definition) is 0. The minimum Gasteiger partial charge on any atom is -0.377 e. The average molecular weight is 316 g/mol. The molecule has 4 heteroatoms. The van der Waals surface area contributed by atoms with Crippen molar-refractivity contribution in [2.24, 2.45) is 0 Å². The fourth-order valence-electron chi connectivity index (χ4n) is 4.24. The Labute approximate surface area is 139 Å². The van der Waals surface area contributed by atoms with Gasteiger partial charge in [-0.3, -0.25) is 9.80 Å². The van der Waals surface area contributed by atoms with Crippen LogP contribution < -0.4 is 0 Å². The zero-order valence-corrected chi connectivity index (χ0v) is 13.9. The molecule has 1 aromatic rings. The molecule has 126 valence electrons. The molecule has 0 bridgehead atoms. The van der Waals surface area contributed by atoms with E-state index in [0.717, 1.165) is 45.9 Å². The van der Waals surface area contributed by atoms with Gasteiger partial charge in [-0.2, -0.15) is 0 Å². The molecule has 3 saturated heterocycles. The Kier molecular flexibility index (Phi) is 4.95. The standard InChI is InChI=1S/C19H28N2O2/c1-2-6-16(7-3-1)12-21-9-11-23-19-15-20(14-18(19)21)13-17-8-4-5-10-22-17/h1-3,6-7,17-19H,4-5,8-15H2/t17-,18+,19-/m1/s1. The first kappa shape index (κ1) is 15.6. The second-order valence-electron chi connectivity index (χ2n) is 7.14. The number of likely N-dealkylation sites (tertiary alicyclic amines) is 1. The minimum absolute atomic E-state index is 0.371. The molecule has 0 saturated carbocycles. The molecule has 23 heavy (non-hydrogen) atoms. The number of benzene rings is 1. The van der Waals surface area contributed by atoms with E-state index in [4.69, 9.17) is 9.47 Å². The van der Waals surface area contributed by atoms with Gasteiger partial charge in [-0.25, -0.2) is 0 Å². The van der Waals surface area contributed by atoms with Gasteiger partial charge in [0.2, 0.25) is 0 Å². The van der Waals surface area contributed by atoms with Crippen LogP contribution in [0.1, 0.15) is 24.8 Å². The number of fused-ring (bicyclic) bond motifs is 1.